The predicted molar refractivity (Wildman–Crippen MR) is 84.2 cm³/mol. The Morgan fingerprint density at radius 2 is 2.10 bits per heavy atom. The van der Waals surface area contributed by atoms with E-state index in [9.17, 15) is 9.59 Å². The van der Waals surface area contributed by atoms with Gasteiger partial charge in [-0.1, -0.05) is 29.3 Å². The van der Waals surface area contributed by atoms with Gasteiger partial charge in [0, 0.05) is 22.2 Å². The van der Waals surface area contributed by atoms with Crippen molar-refractivity contribution in [3.8, 4) is 0 Å². The van der Waals surface area contributed by atoms with Crippen LogP contribution >= 0.6 is 35.0 Å². The number of nitrogens with two attached hydrogens (primary N) is 1. The molecule has 0 fully saturated rings. The van der Waals surface area contributed by atoms with Crippen LogP contribution in [0.2, 0.25) is 10.0 Å². The third kappa shape index (κ3) is 6.03. The molecule has 1 aromatic rings. The second-order valence-electron chi connectivity index (χ2n) is 4.22. The summed E-state index contributed by atoms with van der Waals surface area (Å²) in [6, 6.07) is 4.96. The maximum Gasteiger partial charge on any atom is 0.227 e. The van der Waals surface area contributed by atoms with Gasteiger partial charge in [0.25, 0.3) is 0 Å². The van der Waals surface area contributed by atoms with E-state index in [0.717, 1.165) is 5.56 Å². The molecule has 0 aliphatic carbocycles. The van der Waals surface area contributed by atoms with Gasteiger partial charge in [0.1, 0.15) is 0 Å². The fraction of sp³-hybridized carbons (Fsp3) is 0.385. The number of thioether (sulfide) groups is 1. The van der Waals surface area contributed by atoms with Gasteiger partial charge < -0.3 is 11.1 Å². The summed E-state index contributed by atoms with van der Waals surface area (Å²) in [5.74, 6) is 0.305. The molecule has 0 bridgehead atoms. The lowest BCUT2D eigenvalue weighted by Gasteiger charge is -2.16. The second-order valence-corrected chi connectivity index (χ2v) is 6.17. The van der Waals surface area contributed by atoms with Crippen LogP contribution in [0.15, 0.2) is 18.2 Å². The van der Waals surface area contributed by atoms with Gasteiger partial charge in [-0.3, -0.25) is 9.59 Å². The van der Waals surface area contributed by atoms with E-state index in [1.54, 1.807) is 18.2 Å². The Bertz CT molecular complexity index is 497. The summed E-state index contributed by atoms with van der Waals surface area (Å²) >= 11 is 13.2. The van der Waals surface area contributed by atoms with Crippen molar-refractivity contribution < 1.29 is 9.59 Å². The van der Waals surface area contributed by atoms with Gasteiger partial charge in [0.15, 0.2) is 0 Å². The van der Waals surface area contributed by atoms with Crippen LogP contribution in [-0.2, 0) is 9.59 Å². The van der Waals surface area contributed by atoms with Crippen molar-refractivity contribution in [2.45, 2.75) is 19.4 Å². The van der Waals surface area contributed by atoms with Crippen LogP contribution in [0.4, 0.5) is 0 Å². The quantitative estimate of drug-likeness (QED) is 0.753. The number of primary amides is 1. The largest absolute Gasteiger partial charge is 0.369 e. The van der Waals surface area contributed by atoms with Crippen molar-refractivity contribution >= 4 is 46.8 Å². The molecule has 0 heterocycles. The van der Waals surface area contributed by atoms with Gasteiger partial charge in [-0.2, -0.15) is 11.8 Å². The molecule has 0 saturated carbocycles. The monoisotopic (exact) mass is 334 g/mol. The topological polar surface area (TPSA) is 72.2 Å². The molecule has 2 amide bonds. The van der Waals surface area contributed by atoms with Crippen molar-refractivity contribution in [2.75, 3.05) is 11.5 Å². The van der Waals surface area contributed by atoms with E-state index >= 15 is 0 Å². The molecule has 1 rings (SSSR count). The minimum absolute atomic E-state index is 0.0968. The number of benzene rings is 1. The summed E-state index contributed by atoms with van der Waals surface area (Å²) in [4.78, 5) is 22.3. The Kier molecular flexibility index (Phi) is 7.19. The molecular formula is C13H16Cl2N2O2S. The molecule has 0 spiro atoms. The van der Waals surface area contributed by atoms with Gasteiger partial charge >= 0.3 is 0 Å². The highest BCUT2D eigenvalue weighted by Gasteiger charge is 2.12. The molecule has 1 aromatic carbocycles. The maximum atomic E-state index is 11.7. The summed E-state index contributed by atoms with van der Waals surface area (Å²) in [6.07, 6.45) is 0.327. The standard InChI is InChI=1S/C13H16Cl2N2O2S/c1-8(10-3-2-9(14)6-11(10)15)17-13(19)4-5-20-7-12(16)18/h2-3,6,8H,4-5,7H2,1H3,(H2,16,18)(H,17,19). The summed E-state index contributed by atoms with van der Waals surface area (Å²) in [5, 5.41) is 3.93. The zero-order valence-corrected chi connectivity index (χ0v) is 13.3. The van der Waals surface area contributed by atoms with Crippen molar-refractivity contribution in [1.82, 2.24) is 5.32 Å². The number of carbonyl (C=O) groups excluding carboxylic acids is 2. The summed E-state index contributed by atoms with van der Waals surface area (Å²) in [7, 11) is 0. The van der Waals surface area contributed by atoms with Crippen LogP contribution in [0.5, 0.6) is 0 Å². The van der Waals surface area contributed by atoms with Crippen molar-refractivity contribution in [3.63, 3.8) is 0 Å². The van der Waals surface area contributed by atoms with Crippen molar-refractivity contribution in [3.05, 3.63) is 33.8 Å². The molecule has 7 heteroatoms. The minimum Gasteiger partial charge on any atom is -0.369 e. The van der Waals surface area contributed by atoms with E-state index in [1.165, 1.54) is 11.8 Å². The third-order valence-corrected chi connectivity index (χ3v) is 4.07. The van der Waals surface area contributed by atoms with Crippen LogP contribution in [0.1, 0.15) is 24.9 Å². The van der Waals surface area contributed by atoms with E-state index in [-0.39, 0.29) is 23.6 Å². The average Bonchev–Trinajstić information content (AvgIpc) is 2.34. The zero-order chi connectivity index (χ0) is 15.1. The molecule has 0 saturated heterocycles. The van der Waals surface area contributed by atoms with Gasteiger partial charge in [-0.15, -0.1) is 0 Å². The predicted octanol–water partition coefficient (Wildman–Crippen LogP) is 2.78. The summed E-state index contributed by atoms with van der Waals surface area (Å²) < 4.78 is 0. The Morgan fingerprint density at radius 3 is 2.70 bits per heavy atom. The van der Waals surface area contributed by atoms with E-state index in [2.05, 4.69) is 5.32 Å². The number of amides is 2. The van der Waals surface area contributed by atoms with Gasteiger partial charge in [-0.05, 0) is 24.6 Å². The zero-order valence-electron chi connectivity index (χ0n) is 11.0. The van der Waals surface area contributed by atoms with Crippen LogP contribution in [-0.4, -0.2) is 23.3 Å². The van der Waals surface area contributed by atoms with Crippen LogP contribution in [0.25, 0.3) is 0 Å². The first kappa shape index (κ1) is 17.1. The van der Waals surface area contributed by atoms with E-state index < -0.39 is 0 Å². The number of rotatable bonds is 7. The Balaban J connectivity index is 2.43. The third-order valence-electron chi connectivity index (χ3n) is 2.52. The number of hydrogen-bond acceptors (Lipinski definition) is 3. The number of nitrogens with one attached hydrogen (secondary N) is 1. The first-order valence-corrected chi connectivity index (χ1v) is 7.91. The lowest BCUT2D eigenvalue weighted by Crippen LogP contribution is -2.27. The molecule has 20 heavy (non-hydrogen) atoms. The summed E-state index contributed by atoms with van der Waals surface area (Å²) in [5.41, 5.74) is 5.82. The number of halogens is 2. The van der Waals surface area contributed by atoms with Crippen molar-refractivity contribution in [1.29, 1.82) is 0 Å². The summed E-state index contributed by atoms with van der Waals surface area (Å²) in [6.45, 7) is 1.85. The molecular weight excluding hydrogens is 319 g/mol. The highest BCUT2D eigenvalue weighted by molar-refractivity contribution is 7.99. The van der Waals surface area contributed by atoms with Crippen LogP contribution < -0.4 is 11.1 Å². The highest BCUT2D eigenvalue weighted by Crippen LogP contribution is 2.26. The number of carbonyl (C=O) groups is 2. The lowest BCUT2D eigenvalue weighted by molar-refractivity contribution is -0.121. The van der Waals surface area contributed by atoms with E-state index in [4.69, 9.17) is 28.9 Å². The van der Waals surface area contributed by atoms with Gasteiger partial charge in [-0.25, -0.2) is 0 Å². The number of hydrogen-bond donors (Lipinski definition) is 2. The van der Waals surface area contributed by atoms with E-state index in [1.807, 2.05) is 6.92 Å². The van der Waals surface area contributed by atoms with Crippen LogP contribution in [0.3, 0.4) is 0 Å². The SMILES string of the molecule is CC(NC(=O)CCSCC(N)=O)c1ccc(Cl)cc1Cl. The Labute approximate surface area is 132 Å². The molecule has 1 unspecified atom stereocenters. The molecule has 3 N–H and O–H groups in total. The lowest BCUT2D eigenvalue weighted by atomic mass is 10.1. The molecule has 110 valence electrons. The molecule has 0 radical (unpaired) electrons. The van der Waals surface area contributed by atoms with E-state index in [0.29, 0.717) is 22.2 Å². The smallest absolute Gasteiger partial charge is 0.227 e. The second kappa shape index (κ2) is 8.39. The highest BCUT2D eigenvalue weighted by atomic mass is 35.5. The normalized spacial score (nSPS) is 11.9. The molecule has 0 aliphatic heterocycles. The molecule has 1 atom stereocenters. The Hall–Kier alpha value is -0.910. The van der Waals surface area contributed by atoms with Crippen LogP contribution in [0, 0.1) is 0 Å². The minimum atomic E-state index is -0.378. The van der Waals surface area contributed by atoms with Gasteiger partial charge in [0.05, 0.1) is 11.8 Å². The van der Waals surface area contributed by atoms with Gasteiger partial charge in [0.2, 0.25) is 11.8 Å². The fourth-order valence-electron chi connectivity index (χ4n) is 1.58. The fourth-order valence-corrected chi connectivity index (χ4v) is 2.83. The Morgan fingerprint density at radius 1 is 1.40 bits per heavy atom. The molecule has 4 nitrogen and oxygen atoms in total. The molecule has 0 aromatic heterocycles. The first-order chi connectivity index (χ1) is 9.40. The molecule has 0 aliphatic rings. The first-order valence-electron chi connectivity index (χ1n) is 6.00. The van der Waals surface area contributed by atoms with Crippen molar-refractivity contribution in [2.24, 2.45) is 5.73 Å². The maximum absolute atomic E-state index is 11.7. The average molecular weight is 335 g/mol.